The SMILES string of the molecule is COc1ccccc1OC(=O)c1nc(-c2ccccc2)n(-c2ccccc2)n1. The smallest absolute Gasteiger partial charge is 0.383 e. The summed E-state index contributed by atoms with van der Waals surface area (Å²) in [5, 5.41) is 4.40. The van der Waals surface area contributed by atoms with E-state index in [-0.39, 0.29) is 5.82 Å². The fourth-order valence-corrected chi connectivity index (χ4v) is 2.77. The Morgan fingerprint density at radius 2 is 1.43 bits per heavy atom. The number of hydrogen-bond donors (Lipinski definition) is 0. The molecule has 0 bridgehead atoms. The maximum Gasteiger partial charge on any atom is 0.383 e. The maximum atomic E-state index is 12.7. The number of aromatic nitrogens is 3. The lowest BCUT2D eigenvalue weighted by Gasteiger charge is -2.06. The minimum Gasteiger partial charge on any atom is -0.493 e. The molecule has 0 saturated heterocycles. The number of esters is 1. The van der Waals surface area contributed by atoms with Crippen molar-refractivity contribution in [3.63, 3.8) is 0 Å². The highest BCUT2D eigenvalue weighted by molar-refractivity contribution is 5.88. The predicted molar refractivity (Wildman–Crippen MR) is 105 cm³/mol. The summed E-state index contributed by atoms with van der Waals surface area (Å²) in [5.74, 6) is 0.637. The summed E-state index contributed by atoms with van der Waals surface area (Å²) in [6.07, 6.45) is 0. The molecule has 0 spiro atoms. The Kier molecular flexibility index (Phi) is 4.84. The molecule has 0 aliphatic rings. The Hall–Kier alpha value is -3.93. The zero-order valence-electron chi connectivity index (χ0n) is 15.1. The first-order valence-electron chi connectivity index (χ1n) is 8.69. The Labute approximate surface area is 162 Å². The topological polar surface area (TPSA) is 66.2 Å². The molecule has 0 amide bonds. The van der Waals surface area contributed by atoms with Crippen LogP contribution in [-0.4, -0.2) is 27.8 Å². The number of para-hydroxylation sites is 3. The lowest BCUT2D eigenvalue weighted by Crippen LogP contribution is -2.12. The van der Waals surface area contributed by atoms with E-state index in [9.17, 15) is 4.79 Å². The van der Waals surface area contributed by atoms with Crippen LogP contribution < -0.4 is 9.47 Å². The Bertz CT molecular complexity index is 1040. The highest BCUT2D eigenvalue weighted by Gasteiger charge is 2.21. The number of benzene rings is 3. The highest BCUT2D eigenvalue weighted by Crippen LogP contribution is 2.27. The van der Waals surface area contributed by atoms with Crippen LogP contribution in [0, 0.1) is 0 Å². The Morgan fingerprint density at radius 1 is 0.821 bits per heavy atom. The first-order valence-corrected chi connectivity index (χ1v) is 8.69. The lowest BCUT2D eigenvalue weighted by atomic mass is 10.2. The average molecular weight is 371 g/mol. The molecule has 6 heteroatoms. The zero-order valence-corrected chi connectivity index (χ0v) is 15.1. The van der Waals surface area contributed by atoms with Crippen LogP contribution in [0.4, 0.5) is 0 Å². The van der Waals surface area contributed by atoms with E-state index in [1.807, 2.05) is 60.7 Å². The van der Waals surface area contributed by atoms with Crippen molar-refractivity contribution in [1.29, 1.82) is 0 Å². The molecular weight excluding hydrogens is 354 g/mol. The minimum absolute atomic E-state index is 0.0337. The van der Waals surface area contributed by atoms with Crippen LogP contribution in [0.2, 0.25) is 0 Å². The van der Waals surface area contributed by atoms with E-state index in [0.717, 1.165) is 11.3 Å². The van der Waals surface area contributed by atoms with Gasteiger partial charge in [0.2, 0.25) is 0 Å². The maximum absolute atomic E-state index is 12.7. The first-order chi connectivity index (χ1) is 13.8. The number of ether oxygens (including phenoxy) is 2. The van der Waals surface area contributed by atoms with Crippen LogP contribution >= 0.6 is 0 Å². The van der Waals surface area contributed by atoms with E-state index in [4.69, 9.17) is 9.47 Å². The van der Waals surface area contributed by atoms with Crippen LogP contribution in [-0.2, 0) is 0 Å². The molecule has 1 heterocycles. The second kappa shape index (κ2) is 7.75. The largest absolute Gasteiger partial charge is 0.493 e. The second-order valence-corrected chi connectivity index (χ2v) is 5.91. The molecule has 0 fully saturated rings. The molecule has 0 saturated carbocycles. The van der Waals surface area contributed by atoms with Crippen molar-refractivity contribution in [2.24, 2.45) is 0 Å². The molecule has 4 aromatic rings. The standard InChI is InChI=1S/C22H17N3O3/c1-27-18-14-8-9-15-19(18)28-22(26)20-23-21(16-10-4-2-5-11-16)25(24-20)17-12-6-3-7-13-17/h2-15H,1H3. The molecule has 4 rings (SSSR count). The van der Waals surface area contributed by atoms with Crippen LogP contribution in [0.1, 0.15) is 10.6 Å². The average Bonchev–Trinajstić information content (AvgIpc) is 3.21. The van der Waals surface area contributed by atoms with E-state index in [0.29, 0.717) is 17.3 Å². The molecule has 0 N–H and O–H groups in total. The van der Waals surface area contributed by atoms with Gasteiger partial charge in [-0.05, 0) is 24.3 Å². The summed E-state index contributed by atoms with van der Waals surface area (Å²) in [6, 6.07) is 26.0. The molecule has 138 valence electrons. The van der Waals surface area contributed by atoms with Crippen molar-refractivity contribution in [2.45, 2.75) is 0 Å². The van der Waals surface area contributed by atoms with Crippen molar-refractivity contribution < 1.29 is 14.3 Å². The van der Waals surface area contributed by atoms with E-state index < -0.39 is 5.97 Å². The van der Waals surface area contributed by atoms with E-state index in [2.05, 4.69) is 10.1 Å². The van der Waals surface area contributed by atoms with Crippen LogP contribution in [0.25, 0.3) is 17.1 Å². The van der Waals surface area contributed by atoms with Gasteiger partial charge in [-0.2, -0.15) is 0 Å². The Morgan fingerprint density at radius 3 is 2.11 bits per heavy atom. The van der Waals surface area contributed by atoms with Gasteiger partial charge in [0.25, 0.3) is 5.82 Å². The van der Waals surface area contributed by atoms with E-state index in [1.165, 1.54) is 7.11 Å². The molecule has 6 nitrogen and oxygen atoms in total. The van der Waals surface area contributed by atoms with Crippen LogP contribution in [0.15, 0.2) is 84.9 Å². The number of hydrogen-bond acceptors (Lipinski definition) is 5. The molecule has 0 aliphatic heterocycles. The van der Waals surface area contributed by atoms with Crippen LogP contribution in [0.5, 0.6) is 11.5 Å². The summed E-state index contributed by atoms with van der Waals surface area (Å²) in [6.45, 7) is 0. The fraction of sp³-hybridized carbons (Fsp3) is 0.0455. The van der Waals surface area contributed by atoms with Gasteiger partial charge in [0.05, 0.1) is 12.8 Å². The summed E-state index contributed by atoms with van der Waals surface area (Å²) in [7, 11) is 1.52. The number of nitrogens with zero attached hydrogens (tertiary/aromatic N) is 3. The van der Waals surface area contributed by atoms with Crippen molar-refractivity contribution in [1.82, 2.24) is 14.8 Å². The summed E-state index contributed by atoms with van der Waals surface area (Å²) in [5.41, 5.74) is 1.64. The third kappa shape index (κ3) is 3.48. The Balaban J connectivity index is 1.74. The number of methoxy groups -OCH3 is 1. The summed E-state index contributed by atoms with van der Waals surface area (Å²) >= 11 is 0. The monoisotopic (exact) mass is 371 g/mol. The molecule has 0 atom stereocenters. The molecule has 0 unspecified atom stereocenters. The van der Waals surface area contributed by atoms with E-state index in [1.54, 1.807) is 28.9 Å². The van der Waals surface area contributed by atoms with Gasteiger partial charge in [-0.25, -0.2) is 14.5 Å². The second-order valence-electron chi connectivity index (χ2n) is 5.91. The molecule has 0 aliphatic carbocycles. The lowest BCUT2D eigenvalue weighted by molar-refractivity contribution is 0.0717. The first kappa shape index (κ1) is 17.5. The molecule has 28 heavy (non-hydrogen) atoms. The zero-order chi connectivity index (χ0) is 19.3. The van der Waals surface area contributed by atoms with Gasteiger partial charge >= 0.3 is 5.97 Å². The number of carbonyl (C=O) groups excluding carboxylic acids is 1. The minimum atomic E-state index is -0.656. The van der Waals surface area contributed by atoms with Gasteiger partial charge in [0, 0.05) is 5.56 Å². The summed E-state index contributed by atoms with van der Waals surface area (Å²) in [4.78, 5) is 17.1. The van der Waals surface area contributed by atoms with Gasteiger partial charge < -0.3 is 9.47 Å². The van der Waals surface area contributed by atoms with Gasteiger partial charge in [-0.15, -0.1) is 5.10 Å². The molecular formula is C22H17N3O3. The van der Waals surface area contributed by atoms with Gasteiger partial charge in [0.15, 0.2) is 17.3 Å². The third-order valence-corrected chi connectivity index (χ3v) is 4.09. The normalized spacial score (nSPS) is 10.5. The quantitative estimate of drug-likeness (QED) is 0.389. The molecule has 0 radical (unpaired) electrons. The third-order valence-electron chi connectivity index (χ3n) is 4.09. The number of rotatable bonds is 5. The van der Waals surface area contributed by atoms with Gasteiger partial charge in [-0.1, -0.05) is 60.7 Å². The summed E-state index contributed by atoms with van der Waals surface area (Å²) < 4.78 is 12.3. The van der Waals surface area contributed by atoms with Gasteiger partial charge in [-0.3, -0.25) is 0 Å². The molecule has 1 aromatic heterocycles. The van der Waals surface area contributed by atoms with Crippen molar-refractivity contribution in [3.05, 3.63) is 90.8 Å². The van der Waals surface area contributed by atoms with Crippen molar-refractivity contribution in [3.8, 4) is 28.6 Å². The predicted octanol–water partition coefficient (Wildman–Crippen LogP) is 4.16. The van der Waals surface area contributed by atoms with Gasteiger partial charge in [0.1, 0.15) is 0 Å². The van der Waals surface area contributed by atoms with Crippen molar-refractivity contribution in [2.75, 3.05) is 7.11 Å². The van der Waals surface area contributed by atoms with Crippen LogP contribution in [0.3, 0.4) is 0 Å². The van der Waals surface area contributed by atoms with E-state index >= 15 is 0 Å². The van der Waals surface area contributed by atoms with Crippen molar-refractivity contribution >= 4 is 5.97 Å². The highest BCUT2D eigenvalue weighted by atomic mass is 16.6. The fourth-order valence-electron chi connectivity index (χ4n) is 2.77. The number of carbonyl (C=O) groups is 1. The molecule has 3 aromatic carbocycles.